The van der Waals surface area contributed by atoms with Gasteiger partial charge in [0.1, 0.15) is 12.0 Å². The summed E-state index contributed by atoms with van der Waals surface area (Å²) < 4.78 is 5.39. The van der Waals surface area contributed by atoms with Crippen LogP contribution in [0.15, 0.2) is 48.5 Å². The Morgan fingerprint density at radius 1 is 1.13 bits per heavy atom. The van der Waals surface area contributed by atoms with Gasteiger partial charge in [0.15, 0.2) is 6.61 Å². The van der Waals surface area contributed by atoms with Crippen molar-refractivity contribution in [2.24, 2.45) is 0 Å². The summed E-state index contributed by atoms with van der Waals surface area (Å²) in [7, 11) is 0. The van der Waals surface area contributed by atoms with Crippen LogP contribution in [0.1, 0.15) is 36.7 Å². The van der Waals surface area contributed by atoms with Gasteiger partial charge in [-0.3, -0.25) is 9.59 Å². The molecule has 0 unspecified atom stereocenters. The number of carbonyl (C=O) groups excluding carboxylic acids is 2. The molecule has 0 saturated carbocycles. The lowest BCUT2D eigenvalue weighted by Crippen LogP contribution is -2.20. The summed E-state index contributed by atoms with van der Waals surface area (Å²) in [6.07, 6.45) is 0.740. The van der Waals surface area contributed by atoms with Crippen molar-refractivity contribution in [1.29, 1.82) is 0 Å². The number of amides is 1. The largest absolute Gasteiger partial charge is 0.484 e. The number of nitrogens with one attached hydrogen (secondary N) is 1. The predicted molar refractivity (Wildman–Crippen MR) is 91.1 cm³/mol. The number of anilines is 1. The van der Waals surface area contributed by atoms with Crippen LogP contribution in [0, 0.1) is 0 Å². The molecular weight excluding hydrogens is 290 g/mol. The highest BCUT2D eigenvalue weighted by atomic mass is 16.5. The summed E-state index contributed by atoms with van der Waals surface area (Å²) in [6.45, 7) is 6.31. The van der Waals surface area contributed by atoms with Crippen LogP contribution in [0.3, 0.4) is 0 Å². The number of ether oxygens (including phenoxy) is 1. The average Bonchev–Trinajstić information content (AvgIpc) is 2.53. The number of rotatable bonds is 5. The molecule has 0 aliphatic heterocycles. The monoisotopic (exact) mass is 311 g/mol. The van der Waals surface area contributed by atoms with Gasteiger partial charge in [0.2, 0.25) is 0 Å². The van der Waals surface area contributed by atoms with E-state index in [1.165, 1.54) is 5.56 Å². The zero-order chi connectivity index (χ0) is 16.9. The van der Waals surface area contributed by atoms with Crippen LogP contribution in [-0.4, -0.2) is 18.8 Å². The van der Waals surface area contributed by atoms with Crippen molar-refractivity contribution in [2.75, 3.05) is 11.9 Å². The van der Waals surface area contributed by atoms with Crippen LogP contribution < -0.4 is 10.1 Å². The third-order valence-corrected chi connectivity index (χ3v) is 3.40. The molecule has 0 aliphatic carbocycles. The SMILES string of the molecule is CC(C)(C)c1ccc(NC(=O)COc2cccc(C=O)c2)cc1. The molecule has 0 aromatic heterocycles. The summed E-state index contributed by atoms with van der Waals surface area (Å²) in [5.74, 6) is 0.248. The van der Waals surface area contributed by atoms with Crippen LogP contribution in [0.4, 0.5) is 5.69 Å². The summed E-state index contributed by atoms with van der Waals surface area (Å²) in [5.41, 5.74) is 2.53. The molecule has 4 heteroatoms. The van der Waals surface area contributed by atoms with E-state index in [2.05, 4.69) is 26.1 Å². The molecule has 1 N–H and O–H groups in total. The lowest BCUT2D eigenvalue weighted by molar-refractivity contribution is -0.118. The van der Waals surface area contributed by atoms with Gasteiger partial charge in [-0.1, -0.05) is 45.0 Å². The predicted octanol–water partition coefficient (Wildman–Crippen LogP) is 3.81. The first-order valence-corrected chi connectivity index (χ1v) is 7.47. The maximum atomic E-state index is 11.9. The van der Waals surface area contributed by atoms with Gasteiger partial charge in [0, 0.05) is 11.3 Å². The molecule has 2 aromatic carbocycles. The Morgan fingerprint density at radius 2 is 1.83 bits per heavy atom. The minimum atomic E-state index is -0.245. The number of aldehydes is 1. The Bertz CT molecular complexity index is 685. The third-order valence-electron chi connectivity index (χ3n) is 3.40. The van der Waals surface area contributed by atoms with Crippen LogP contribution >= 0.6 is 0 Å². The van der Waals surface area contributed by atoms with E-state index in [9.17, 15) is 9.59 Å². The molecule has 0 radical (unpaired) electrons. The number of benzene rings is 2. The smallest absolute Gasteiger partial charge is 0.262 e. The molecule has 2 aromatic rings. The Labute approximate surface area is 136 Å². The maximum absolute atomic E-state index is 11.9. The fourth-order valence-electron chi connectivity index (χ4n) is 2.08. The molecule has 0 aliphatic rings. The second-order valence-corrected chi connectivity index (χ2v) is 6.35. The second-order valence-electron chi connectivity index (χ2n) is 6.35. The van der Waals surface area contributed by atoms with Gasteiger partial charge in [0.25, 0.3) is 5.91 Å². The minimum absolute atomic E-state index is 0.0786. The molecule has 0 saturated heterocycles. The van der Waals surface area contributed by atoms with E-state index in [-0.39, 0.29) is 17.9 Å². The Kier molecular flexibility index (Phi) is 5.16. The zero-order valence-corrected chi connectivity index (χ0v) is 13.6. The van der Waals surface area contributed by atoms with Crippen molar-refractivity contribution in [2.45, 2.75) is 26.2 Å². The van der Waals surface area contributed by atoms with Crippen LogP contribution in [-0.2, 0) is 10.2 Å². The van der Waals surface area contributed by atoms with Crippen LogP contribution in [0.5, 0.6) is 5.75 Å². The first kappa shape index (κ1) is 16.7. The maximum Gasteiger partial charge on any atom is 0.262 e. The lowest BCUT2D eigenvalue weighted by atomic mass is 9.87. The van der Waals surface area contributed by atoms with Crippen molar-refractivity contribution in [3.63, 3.8) is 0 Å². The quantitative estimate of drug-likeness (QED) is 0.854. The first-order chi connectivity index (χ1) is 10.9. The lowest BCUT2D eigenvalue weighted by Gasteiger charge is -2.19. The second kappa shape index (κ2) is 7.09. The van der Waals surface area contributed by atoms with Crippen molar-refractivity contribution in [1.82, 2.24) is 0 Å². The van der Waals surface area contributed by atoms with E-state index in [0.717, 1.165) is 12.0 Å². The Balaban J connectivity index is 1.90. The molecule has 0 spiro atoms. The molecule has 23 heavy (non-hydrogen) atoms. The molecule has 0 fully saturated rings. The molecule has 0 bridgehead atoms. The van der Waals surface area contributed by atoms with Crippen molar-refractivity contribution in [3.05, 3.63) is 59.7 Å². The number of carbonyl (C=O) groups is 2. The van der Waals surface area contributed by atoms with Crippen molar-refractivity contribution < 1.29 is 14.3 Å². The minimum Gasteiger partial charge on any atom is -0.484 e. The summed E-state index contributed by atoms with van der Waals surface area (Å²) >= 11 is 0. The standard InChI is InChI=1S/C19H21NO3/c1-19(2,3)15-7-9-16(10-8-15)20-18(22)13-23-17-6-4-5-14(11-17)12-21/h4-12H,13H2,1-3H3,(H,20,22). The normalized spacial score (nSPS) is 10.9. The van der Waals surface area contributed by atoms with Gasteiger partial charge in [-0.2, -0.15) is 0 Å². The number of hydrogen-bond acceptors (Lipinski definition) is 3. The van der Waals surface area contributed by atoms with Crippen molar-refractivity contribution in [3.8, 4) is 5.75 Å². The molecule has 1 amide bonds. The fraction of sp³-hybridized carbons (Fsp3) is 0.263. The molecule has 2 rings (SSSR count). The van der Waals surface area contributed by atoms with Gasteiger partial charge < -0.3 is 10.1 Å². The van der Waals surface area contributed by atoms with E-state index in [1.807, 2.05) is 24.3 Å². The molecule has 0 heterocycles. The fourth-order valence-corrected chi connectivity index (χ4v) is 2.08. The van der Waals surface area contributed by atoms with Gasteiger partial charge >= 0.3 is 0 Å². The summed E-state index contributed by atoms with van der Waals surface area (Å²) in [6, 6.07) is 14.5. The van der Waals surface area contributed by atoms with E-state index in [0.29, 0.717) is 11.3 Å². The summed E-state index contributed by atoms with van der Waals surface area (Å²) in [5, 5.41) is 2.79. The first-order valence-electron chi connectivity index (χ1n) is 7.47. The molecule has 120 valence electrons. The van der Waals surface area contributed by atoms with Gasteiger partial charge in [-0.15, -0.1) is 0 Å². The third kappa shape index (κ3) is 4.95. The van der Waals surface area contributed by atoms with E-state index >= 15 is 0 Å². The van der Waals surface area contributed by atoms with E-state index < -0.39 is 0 Å². The molecule has 4 nitrogen and oxygen atoms in total. The average molecular weight is 311 g/mol. The van der Waals surface area contributed by atoms with E-state index in [1.54, 1.807) is 24.3 Å². The van der Waals surface area contributed by atoms with Gasteiger partial charge in [0.05, 0.1) is 0 Å². The molecule has 0 atom stereocenters. The molecular formula is C19H21NO3. The van der Waals surface area contributed by atoms with Crippen molar-refractivity contribution >= 4 is 17.9 Å². The summed E-state index contributed by atoms with van der Waals surface area (Å²) in [4.78, 5) is 22.6. The van der Waals surface area contributed by atoms with Crippen LogP contribution in [0.2, 0.25) is 0 Å². The van der Waals surface area contributed by atoms with Gasteiger partial charge in [-0.05, 0) is 35.2 Å². The zero-order valence-electron chi connectivity index (χ0n) is 13.6. The topological polar surface area (TPSA) is 55.4 Å². The number of hydrogen-bond donors (Lipinski definition) is 1. The van der Waals surface area contributed by atoms with E-state index in [4.69, 9.17) is 4.74 Å². The van der Waals surface area contributed by atoms with Gasteiger partial charge in [-0.25, -0.2) is 0 Å². The highest BCUT2D eigenvalue weighted by molar-refractivity contribution is 5.91. The highest BCUT2D eigenvalue weighted by Crippen LogP contribution is 2.23. The Hall–Kier alpha value is -2.62. The van der Waals surface area contributed by atoms with Crippen LogP contribution in [0.25, 0.3) is 0 Å². The highest BCUT2D eigenvalue weighted by Gasteiger charge is 2.13. The Morgan fingerprint density at radius 3 is 2.43 bits per heavy atom.